The minimum atomic E-state index is -4.79. The number of para-hydroxylation sites is 1. The molecule has 2 aromatic heterocycles. The van der Waals surface area contributed by atoms with Crippen molar-refractivity contribution >= 4 is 21.0 Å². The van der Waals surface area contributed by atoms with Crippen LogP contribution in [-0.2, 0) is 17.1 Å². The maximum Gasteiger partial charge on any atom is 0.408 e. The molecule has 24 heavy (non-hydrogen) atoms. The van der Waals surface area contributed by atoms with Gasteiger partial charge in [-0.25, -0.2) is 8.42 Å². The molecule has 3 rings (SSSR count). The molecule has 0 saturated carbocycles. The summed E-state index contributed by atoms with van der Waals surface area (Å²) < 4.78 is 72.8. The molecule has 1 aromatic carbocycles. The van der Waals surface area contributed by atoms with E-state index in [2.05, 4.69) is 0 Å². The fraction of sp³-hybridized carbons (Fsp3) is 0.200. The van der Waals surface area contributed by atoms with Crippen molar-refractivity contribution in [2.45, 2.75) is 17.3 Å². The van der Waals surface area contributed by atoms with Crippen LogP contribution in [0.15, 0.2) is 58.3 Å². The number of nitrogens with one attached hydrogen (secondary N) is 1. The molecule has 0 aliphatic rings. The van der Waals surface area contributed by atoms with Crippen LogP contribution in [0.3, 0.4) is 0 Å². The molecule has 1 unspecified atom stereocenters. The lowest BCUT2D eigenvalue weighted by atomic mass is 10.1. The lowest BCUT2D eigenvalue weighted by Crippen LogP contribution is -2.37. The molecule has 1 atom stereocenters. The molecule has 128 valence electrons. The number of hydrogen-bond donors (Lipinski definition) is 1. The summed E-state index contributed by atoms with van der Waals surface area (Å²) in [5.41, 5.74) is 0.0748. The van der Waals surface area contributed by atoms with Crippen LogP contribution in [-0.4, -0.2) is 19.2 Å². The number of halogens is 3. The number of fused-ring (bicyclic) bond motifs is 1. The molecular formula is C15H13F3N2O3S. The summed E-state index contributed by atoms with van der Waals surface area (Å²) in [5.74, 6) is 0. The van der Waals surface area contributed by atoms with Gasteiger partial charge in [0, 0.05) is 30.9 Å². The predicted octanol–water partition coefficient (Wildman–Crippen LogP) is 3.35. The van der Waals surface area contributed by atoms with Crippen LogP contribution in [0.4, 0.5) is 13.2 Å². The Morgan fingerprint density at radius 3 is 2.50 bits per heavy atom. The van der Waals surface area contributed by atoms with E-state index in [1.165, 1.54) is 35.2 Å². The normalized spacial score (nSPS) is 14.2. The Balaban J connectivity index is 1.99. The van der Waals surface area contributed by atoms with Gasteiger partial charge < -0.3 is 8.98 Å². The summed E-state index contributed by atoms with van der Waals surface area (Å²) in [6.45, 7) is 0. The molecule has 0 aliphatic carbocycles. The summed E-state index contributed by atoms with van der Waals surface area (Å²) in [6.07, 6.45) is -2.18. The maximum absolute atomic E-state index is 13.3. The van der Waals surface area contributed by atoms with Gasteiger partial charge in [0.2, 0.25) is 5.09 Å². The average molecular weight is 358 g/mol. The van der Waals surface area contributed by atoms with Gasteiger partial charge in [-0.3, -0.25) is 0 Å². The SMILES string of the molecule is Cn1ccc(C(NS(=O)(=O)c2cc3ccccc3o2)C(F)(F)F)c1. The van der Waals surface area contributed by atoms with E-state index in [4.69, 9.17) is 4.42 Å². The molecule has 0 amide bonds. The molecule has 0 saturated heterocycles. The molecule has 0 aliphatic heterocycles. The van der Waals surface area contributed by atoms with Gasteiger partial charge in [0.25, 0.3) is 10.0 Å². The summed E-state index contributed by atoms with van der Waals surface area (Å²) in [7, 11) is -2.94. The van der Waals surface area contributed by atoms with Crippen molar-refractivity contribution in [2.24, 2.45) is 7.05 Å². The second-order valence-corrected chi connectivity index (χ2v) is 6.95. The van der Waals surface area contributed by atoms with E-state index in [1.54, 1.807) is 30.0 Å². The smallest absolute Gasteiger partial charge is 0.408 e. The van der Waals surface area contributed by atoms with Crippen molar-refractivity contribution in [1.82, 2.24) is 9.29 Å². The number of aromatic nitrogens is 1. The number of benzene rings is 1. The van der Waals surface area contributed by atoms with Crippen LogP contribution in [0.2, 0.25) is 0 Å². The lowest BCUT2D eigenvalue weighted by Gasteiger charge is -2.20. The van der Waals surface area contributed by atoms with Crippen LogP contribution in [0, 0.1) is 0 Å². The minimum absolute atomic E-state index is 0.204. The number of hydrogen-bond acceptors (Lipinski definition) is 3. The highest BCUT2D eigenvalue weighted by atomic mass is 32.2. The third-order valence-electron chi connectivity index (χ3n) is 3.46. The summed E-state index contributed by atoms with van der Waals surface area (Å²) in [6, 6.07) is 6.48. The largest absolute Gasteiger partial charge is 0.443 e. The van der Waals surface area contributed by atoms with E-state index in [-0.39, 0.29) is 11.1 Å². The van der Waals surface area contributed by atoms with Gasteiger partial charge in [0.15, 0.2) is 0 Å². The van der Waals surface area contributed by atoms with E-state index < -0.39 is 27.3 Å². The molecule has 9 heteroatoms. The molecule has 0 fully saturated rings. The summed E-state index contributed by atoms with van der Waals surface area (Å²) >= 11 is 0. The van der Waals surface area contributed by atoms with Gasteiger partial charge >= 0.3 is 6.18 Å². The fourth-order valence-corrected chi connectivity index (χ4v) is 3.50. The highest BCUT2D eigenvalue weighted by molar-refractivity contribution is 7.89. The Morgan fingerprint density at radius 2 is 1.92 bits per heavy atom. The van der Waals surface area contributed by atoms with E-state index in [9.17, 15) is 21.6 Å². The van der Waals surface area contributed by atoms with Crippen LogP contribution >= 0.6 is 0 Å². The Morgan fingerprint density at radius 1 is 1.21 bits per heavy atom. The van der Waals surface area contributed by atoms with E-state index in [0.717, 1.165) is 0 Å². The zero-order chi connectivity index (χ0) is 17.5. The first-order chi connectivity index (χ1) is 11.2. The molecule has 0 radical (unpaired) electrons. The second kappa shape index (κ2) is 5.67. The van der Waals surface area contributed by atoms with E-state index in [1.807, 2.05) is 0 Å². The van der Waals surface area contributed by atoms with Crippen molar-refractivity contribution in [3.8, 4) is 0 Å². The van der Waals surface area contributed by atoms with Crippen molar-refractivity contribution in [2.75, 3.05) is 0 Å². The van der Waals surface area contributed by atoms with Gasteiger partial charge in [-0.15, -0.1) is 0 Å². The zero-order valence-electron chi connectivity index (χ0n) is 12.4. The van der Waals surface area contributed by atoms with Crippen LogP contribution in [0.1, 0.15) is 11.6 Å². The van der Waals surface area contributed by atoms with Crippen molar-refractivity contribution in [3.63, 3.8) is 0 Å². The second-order valence-electron chi connectivity index (χ2n) is 5.31. The van der Waals surface area contributed by atoms with E-state index in [0.29, 0.717) is 5.39 Å². The maximum atomic E-state index is 13.3. The lowest BCUT2D eigenvalue weighted by molar-refractivity contribution is -0.153. The summed E-state index contributed by atoms with van der Waals surface area (Å²) in [4.78, 5) is 0. The number of rotatable bonds is 4. The van der Waals surface area contributed by atoms with Gasteiger partial charge in [0.1, 0.15) is 11.6 Å². The highest BCUT2D eigenvalue weighted by Crippen LogP contribution is 2.34. The van der Waals surface area contributed by atoms with Crippen molar-refractivity contribution in [3.05, 3.63) is 54.4 Å². The first-order valence-corrected chi connectivity index (χ1v) is 8.34. The minimum Gasteiger partial charge on any atom is -0.443 e. The van der Waals surface area contributed by atoms with Gasteiger partial charge in [-0.05, 0) is 17.7 Å². The molecule has 0 spiro atoms. The van der Waals surface area contributed by atoms with E-state index >= 15 is 0 Å². The monoisotopic (exact) mass is 358 g/mol. The Kier molecular flexibility index (Phi) is 3.92. The molecule has 1 N–H and O–H groups in total. The van der Waals surface area contributed by atoms with Crippen LogP contribution in [0.5, 0.6) is 0 Å². The zero-order valence-corrected chi connectivity index (χ0v) is 13.2. The van der Waals surface area contributed by atoms with Crippen molar-refractivity contribution in [1.29, 1.82) is 0 Å². The highest BCUT2D eigenvalue weighted by Gasteiger charge is 2.44. The Labute approximate surface area is 135 Å². The molecule has 5 nitrogen and oxygen atoms in total. The topological polar surface area (TPSA) is 64.2 Å². The van der Waals surface area contributed by atoms with Crippen LogP contribution < -0.4 is 4.72 Å². The number of sulfonamides is 1. The van der Waals surface area contributed by atoms with Crippen molar-refractivity contribution < 1.29 is 26.0 Å². The number of alkyl halides is 3. The Bertz CT molecular complexity index is 940. The molecule has 0 bridgehead atoms. The quantitative estimate of drug-likeness (QED) is 0.778. The first kappa shape index (κ1) is 16.6. The molecule has 3 aromatic rings. The standard InChI is InChI=1S/C15H13F3N2O3S/c1-20-7-6-11(9-20)14(15(16,17)18)19-24(21,22)13-8-10-4-2-3-5-12(10)23-13/h2-9,14,19H,1H3. The third-order valence-corrected chi connectivity index (χ3v) is 4.73. The first-order valence-electron chi connectivity index (χ1n) is 6.86. The van der Waals surface area contributed by atoms with Crippen LogP contribution in [0.25, 0.3) is 11.0 Å². The predicted molar refractivity (Wildman–Crippen MR) is 80.7 cm³/mol. The summed E-state index contributed by atoms with van der Waals surface area (Å²) in [5, 5.41) is -0.0741. The third kappa shape index (κ3) is 3.17. The molecular weight excluding hydrogens is 345 g/mol. The van der Waals surface area contributed by atoms with Gasteiger partial charge in [-0.2, -0.15) is 17.9 Å². The Hall–Kier alpha value is -2.26. The molecule has 2 heterocycles. The fourth-order valence-electron chi connectivity index (χ4n) is 2.32. The van der Waals surface area contributed by atoms with Gasteiger partial charge in [0.05, 0.1) is 0 Å². The van der Waals surface area contributed by atoms with Gasteiger partial charge in [-0.1, -0.05) is 18.2 Å². The number of furan rings is 1. The average Bonchev–Trinajstić information content (AvgIpc) is 3.10. The number of aryl methyl sites for hydroxylation is 1. The number of nitrogens with zero attached hydrogens (tertiary/aromatic N) is 1.